The molecule has 3 rings (SSSR count). The molecule has 0 radical (unpaired) electrons. The smallest absolute Gasteiger partial charge is 0.201 e. The van der Waals surface area contributed by atoms with Crippen LogP contribution < -0.4 is 10.2 Å². The molecule has 0 unspecified atom stereocenters. The van der Waals surface area contributed by atoms with E-state index in [2.05, 4.69) is 0 Å². The standard InChI is InChI=1S/C16H12O5/c1-20-13-5-3-2-4-9(13)11-8-21-16-10(14(11)18)6-7-12(17)15(16)19/h2-8,17,19H,1H3. The molecule has 21 heavy (non-hydrogen) atoms. The van der Waals surface area contributed by atoms with Gasteiger partial charge in [-0.25, -0.2) is 0 Å². The van der Waals surface area contributed by atoms with Crippen LogP contribution in [0.3, 0.4) is 0 Å². The van der Waals surface area contributed by atoms with Gasteiger partial charge in [-0.3, -0.25) is 4.79 Å². The molecule has 0 spiro atoms. The van der Waals surface area contributed by atoms with Crippen molar-refractivity contribution < 1.29 is 19.4 Å². The van der Waals surface area contributed by atoms with E-state index in [4.69, 9.17) is 9.15 Å². The molecule has 0 atom stereocenters. The number of phenols is 2. The second kappa shape index (κ2) is 4.86. The van der Waals surface area contributed by atoms with E-state index in [1.165, 1.54) is 25.5 Å². The Hall–Kier alpha value is -2.95. The second-order valence-corrected chi connectivity index (χ2v) is 4.49. The van der Waals surface area contributed by atoms with Gasteiger partial charge < -0.3 is 19.4 Å². The molecule has 1 heterocycles. The van der Waals surface area contributed by atoms with Gasteiger partial charge in [-0.1, -0.05) is 18.2 Å². The number of fused-ring (bicyclic) bond motifs is 1. The van der Waals surface area contributed by atoms with Crippen LogP contribution in [0, 0.1) is 0 Å². The maximum atomic E-state index is 12.6. The molecule has 5 heteroatoms. The van der Waals surface area contributed by atoms with Crippen molar-refractivity contribution in [2.45, 2.75) is 0 Å². The van der Waals surface area contributed by atoms with Crippen LogP contribution in [-0.4, -0.2) is 17.3 Å². The number of hydrogen-bond donors (Lipinski definition) is 2. The fourth-order valence-electron chi connectivity index (χ4n) is 2.23. The van der Waals surface area contributed by atoms with Crippen LogP contribution in [0.1, 0.15) is 0 Å². The summed E-state index contributed by atoms with van der Waals surface area (Å²) < 4.78 is 10.6. The molecule has 0 aliphatic heterocycles. The maximum absolute atomic E-state index is 12.6. The summed E-state index contributed by atoms with van der Waals surface area (Å²) in [5, 5.41) is 19.4. The molecule has 2 N–H and O–H groups in total. The van der Waals surface area contributed by atoms with Crippen LogP contribution in [0.15, 0.2) is 51.9 Å². The number of para-hydroxylation sites is 1. The summed E-state index contributed by atoms with van der Waals surface area (Å²) in [7, 11) is 1.52. The lowest BCUT2D eigenvalue weighted by molar-refractivity contribution is 0.399. The van der Waals surface area contributed by atoms with Gasteiger partial charge in [-0.15, -0.1) is 0 Å². The van der Waals surface area contributed by atoms with E-state index in [0.29, 0.717) is 16.9 Å². The van der Waals surface area contributed by atoms with Gasteiger partial charge in [0.2, 0.25) is 11.2 Å². The predicted octanol–water partition coefficient (Wildman–Crippen LogP) is 2.88. The lowest BCUT2D eigenvalue weighted by Gasteiger charge is -2.08. The monoisotopic (exact) mass is 284 g/mol. The Labute approximate surface area is 119 Å². The zero-order valence-corrected chi connectivity index (χ0v) is 11.2. The fraction of sp³-hybridized carbons (Fsp3) is 0.0625. The van der Waals surface area contributed by atoms with Crippen molar-refractivity contribution in [1.29, 1.82) is 0 Å². The fourth-order valence-corrected chi connectivity index (χ4v) is 2.23. The SMILES string of the molecule is COc1ccccc1-c1coc2c(O)c(O)ccc2c1=O. The van der Waals surface area contributed by atoms with Gasteiger partial charge in [-0.05, 0) is 18.2 Å². The highest BCUT2D eigenvalue weighted by Gasteiger charge is 2.16. The molecule has 106 valence electrons. The molecule has 5 nitrogen and oxygen atoms in total. The molecule has 0 bridgehead atoms. The lowest BCUT2D eigenvalue weighted by atomic mass is 10.0. The average molecular weight is 284 g/mol. The van der Waals surface area contributed by atoms with Gasteiger partial charge in [0.15, 0.2) is 11.3 Å². The number of rotatable bonds is 2. The summed E-state index contributed by atoms with van der Waals surface area (Å²) in [6.07, 6.45) is 1.25. The molecule has 0 fully saturated rings. The first kappa shape index (κ1) is 13.1. The van der Waals surface area contributed by atoms with Gasteiger partial charge >= 0.3 is 0 Å². The van der Waals surface area contributed by atoms with Crippen molar-refractivity contribution in [3.05, 3.63) is 52.9 Å². The van der Waals surface area contributed by atoms with Gasteiger partial charge in [0.1, 0.15) is 12.0 Å². The number of phenolic OH excluding ortho intramolecular Hbond substituents is 2. The minimum Gasteiger partial charge on any atom is -0.504 e. The van der Waals surface area contributed by atoms with Crippen molar-refractivity contribution in [2.75, 3.05) is 7.11 Å². The molecule has 3 aromatic rings. The molecule has 0 aliphatic rings. The molecular weight excluding hydrogens is 272 g/mol. The van der Waals surface area contributed by atoms with E-state index in [0.717, 1.165) is 0 Å². The molecule has 0 saturated carbocycles. The number of ether oxygens (including phenoxy) is 1. The molecule has 0 aliphatic carbocycles. The highest BCUT2D eigenvalue weighted by Crippen LogP contribution is 2.34. The molecule has 1 aromatic heterocycles. The van der Waals surface area contributed by atoms with E-state index >= 15 is 0 Å². The van der Waals surface area contributed by atoms with Crippen LogP contribution in [0.5, 0.6) is 17.2 Å². The Morgan fingerprint density at radius 1 is 1.05 bits per heavy atom. The number of aromatic hydroxyl groups is 2. The van der Waals surface area contributed by atoms with Crippen molar-refractivity contribution in [2.24, 2.45) is 0 Å². The van der Waals surface area contributed by atoms with Crippen LogP contribution in [-0.2, 0) is 0 Å². The lowest BCUT2D eigenvalue weighted by Crippen LogP contribution is -2.05. The van der Waals surface area contributed by atoms with Crippen LogP contribution in [0.4, 0.5) is 0 Å². The first-order chi connectivity index (χ1) is 10.1. The minimum atomic E-state index is -0.448. The van der Waals surface area contributed by atoms with E-state index in [9.17, 15) is 15.0 Å². The highest BCUT2D eigenvalue weighted by molar-refractivity contribution is 5.88. The largest absolute Gasteiger partial charge is 0.504 e. The second-order valence-electron chi connectivity index (χ2n) is 4.49. The first-order valence-electron chi connectivity index (χ1n) is 6.23. The number of hydrogen-bond acceptors (Lipinski definition) is 5. The normalized spacial score (nSPS) is 10.7. The Morgan fingerprint density at radius 3 is 2.57 bits per heavy atom. The Kier molecular flexibility index (Phi) is 3.02. The van der Waals surface area contributed by atoms with Gasteiger partial charge in [0.05, 0.1) is 18.1 Å². The molecule has 0 saturated heterocycles. The topological polar surface area (TPSA) is 79.9 Å². The van der Waals surface area contributed by atoms with Crippen LogP contribution in [0.2, 0.25) is 0 Å². The van der Waals surface area contributed by atoms with E-state index in [1.807, 2.05) is 0 Å². The Balaban J connectivity index is 2.34. The third-order valence-electron chi connectivity index (χ3n) is 3.29. The summed E-state index contributed by atoms with van der Waals surface area (Å²) in [4.78, 5) is 12.6. The molecular formula is C16H12O5. The zero-order valence-electron chi connectivity index (χ0n) is 11.2. The highest BCUT2D eigenvalue weighted by atomic mass is 16.5. The van der Waals surface area contributed by atoms with E-state index in [1.54, 1.807) is 24.3 Å². The van der Waals surface area contributed by atoms with Gasteiger partial charge in [-0.2, -0.15) is 0 Å². The van der Waals surface area contributed by atoms with Gasteiger partial charge in [0.25, 0.3) is 0 Å². The Morgan fingerprint density at radius 2 is 1.81 bits per heavy atom. The maximum Gasteiger partial charge on any atom is 0.201 e. The molecule has 2 aromatic carbocycles. The van der Waals surface area contributed by atoms with Crippen LogP contribution >= 0.6 is 0 Å². The third kappa shape index (κ3) is 1.99. The quantitative estimate of drug-likeness (QED) is 0.707. The Bertz CT molecular complexity index is 879. The summed E-state index contributed by atoms with van der Waals surface area (Å²) in [5.74, 6) is -0.237. The number of methoxy groups -OCH3 is 1. The van der Waals surface area contributed by atoms with E-state index < -0.39 is 5.75 Å². The van der Waals surface area contributed by atoms with Crippen molar-refractivity contribution >= 4 is 11.0 Å². The summed E-state index contributed by atoms with van der Waals surface area (Å²) >= 11 is 0. The average Bonchev–Trinajstić information content (AvgIpc) is 2.51. The predicted molar refractivity (Wildman–Crippen MR) is 77.8 cm³/mol. The van der Waals surface area contributed by atoms with Gasteiger partial charge in [0, 0.05) is 5.56 Å². The first-order valence-corrected chi connectivity index (χ1v) is 6.23. The van der Waals surface area contributed by atoms with Crippen LogP contribution in [0.25, 0.3) is 22.1 Å². The van der Waals surface area contributed by atoms with E-state index in [-0.39, 0.29) is 22.1 Å². The van der Waals surface area contributed by atoms with Crippen molar-refractivity contribution in [1.82, 2.24) is 0 Å². The summed E-state index contributed by atoms with van der Waals surface area (Å²) in [6, 6.07) is 9.74. The van der Waals surface area contributed by atoms with Crippen molar-refractivity contribution in [3.63, 3.8) is 0 Å². The van der Waals surface area contributed by atoms with Crippen molar-refractivity contribution in [3.8, 4) is 28.4 Å². The molecule has 0 amide bonds. The third-order valence-corrected chi connectivity index (χ3v) is 3.29. The minimum absolute atomic E-state index is 0.0429. The zero-order chi connectivity index (χ0) is 15.0. The summed E-state index contributed by atoms with van der Waals surface area (Å²) in [5.41, 5.74) is 0.572. The number of benzene rings is 2. The summed E-state index contributed by atoms with van der Waals surface area (Å²) in [6.45, 7) is 0.